The van der Waals surface area contributed by atoms with Crippen LogP contribution in [0, 0.1) is 3.57 Å². The van der Waals surface area contributed by atoms with Crippen molar-refractivity contribution in [2.75, 3.05) is 0 Å². The Labute approximate surface area is 100.0 Å². The summed E-state index contributed by atoms with van der Waals surface area (Å²) in [6, 6.07) is 6.67. The molecule has 0 aromatic heterocycles. The van der Waals surface area contributed by atoms with Crippen molar-refractivity contribution in [2.45, 2.75) is 25.1 Å². The van der Waals surface area contributed by atoms with Gasteiger partial charge in [0.1, 0.15) is 0 Å². The van der Waals surface area contributed by atoms with Gasteiger partial charge in [0.2, 0.25) is 0 Å². The van der Waals surface area contributed by atoms with Crippen LogP contribution in [0.25, 0.3) is 0 Å². The second-order valence-corrected chi connectivity index (χ2v) is 4.56. The standard InChI is InChI=1S/C10H11F3IN/c11-10(12,13)6-5-9(15)7-1-3-8(14)4-2-7/h1-4,9H,5-6,15H2. The zero-order valence-electron chi connectivity index (χ0n) is 7.89. The first-order valence-electron chi connectivity index (χ1n) is 4.46. The maximum Gasteiger partial charge on any atom is 0.389 e. The Balaban J connectivity index is 2.54. The zero-order chi connectivity index (χ0) is 11.5. The molecule has 0 aliphatic carbocycles. The third-order valence-corrected chi connectivity index (χ3v) is 2.76. The van der Waals surface area contributed by atoms with Crippen molar-refractivity contribution in [1.82, 2.24) is 0 Å². The van der Waals surface area contributed by atoms with E-state index in [1.807, 2.05) is 12.1 Å². The smallest absolute Gasteiger partial charge is 0.324 e. The highest BCUT2D eigenvalue weighted by Crippen LogP contribution is 2.26. The molecule has 0 radical (unpaired) electrons. The average molecular weight is 329 g/mol. The molecule has 0 aliphatic rings. The Morgan fingerprint density at radius 1 is 1.20 bits per heavy atom. The first-order valence-corrected chi connectivity index (χ1v) is 5.54. The van der Waals surface area contributed by atoms with E-state index in [9.17, 15) is 13.2 Å². The molecule has 0 fully saturated rings. The van der Waals surface area contributed by atoms with Crippen LogP contribution in [0.2, 0.25) is 0 Å². The maximum atomic E-state index is 11.9. The van der Waals surface area contributed by atoms with Crippen molar-refractivity contribution in [3.8, 4) is 0 Å². The molecule has 0 saturated carbocycles. The molecule has 84 valence electrons. The van der Waals surface area contributed by atoms with Gasteiger partial charge in [0.25, 0.3) is 0 Å². The van der Waals surface area contributed by atoms with Crippen LogP contribution in [0.3, 0.4) is 0 Å². The van der Waals surface area contributed by atoms with E-state index >= 15 is 0 Å². The first-order chi connectivity index (χ1) is 6.88. The summed E-state index contributed by atoms with van der Waals surface area (Å²) in [6.45, 7) is 0. The minimum atomic E-state index is -4.12. The molecular formula is C10H11F3IN. The van der Waals surface area contributed by atoms with Gasteiger partial charge in [-0.1, -0.05) is 12.1 Å². The molecule has 0 spiro atoms. The van der Waals surface area contributed by atoms with Gasteiger partial charge in [0, 0.05) is 16.0 Å². The summed E-state index contributed by atoms with van der Waals surface area (Å²) in [5, 5.41) is 0. The number of hydrogen-bond donors (Lipinski definition) is 1. The molecule has 1 aromatic rings. The van der Waals surface area contributed by atoms with Gasteiger partial charge in [-0.25, -0.2) is 0 Å². The van der Waals surface area contributed by atoms with Crippen LogP contribution < -0.4 is 5.73 Å². The molecule has 15 heavy (non-hydrogen) atoms. The summed E-state index contributed by atoms with van der Waals surface area (Å²) in [5.74, 6) is 0. The normalized spacial score (nSPS) is 13.9. The third kappa shape index (κ3) is 4.83. The van der Waals surface area contributed by atoms with E-state index in [0.29, 0.717) is 0 Å². The molecule has 0 bridgehead atoms. The Bertz CT molecular complexity index is 307. The fraction of sp³-hybridized carbons (Fsp3) is 0.400. The predicted octanol–water partition coefficient (Wildman–Crippen LogP) is 3.63. The molecule has 5 heteroatoms. The summed E-state index contributed by atoms with van der Waals surface area (Å²) >= 11 is 2.13. The number of rotatable bonds is 3. The molecular weight excluding hydrogens is 318 g/mol. The van der Waals surface area contributed by atoms with Gasteiger partial charge >= 0.3 is 6.18 Å². The van der Waals surface area contributed by atoms with Crippen LogP contribution in [0.4, 0.5) is 13.2 Å². The van der Waals surface area contributed by atoms with E-state index in [-0.39, 0.29) is 6.42 Å². The lowest BCUT2D eigenvalue weighted by atomic mass is 10.0. The Hall–Kier alpha value is -0.300. The number of alkyl halides is 3. The number of hydrogen-bond acceptors (Lipinski definition) is 1. The lowest BCUT2D eigenvalue weighted by Gasteiger charge is -2.13. The van der Waals surface area contributed by atoms with Crippen molar-refractivity contribution in [3.63, 3.8) is 0 Å². The molecule has 0 aliphatic heterocycles. The highest BCUT2D eigenvalue weighted by Gasteiger charge is 2.27. The molecule has 1 rings (SSSR count). The van der Waals surface area contributed by atoms with E-state index in [1.165, 1.54) is 0 Å². The largest absolute Gasteiger partial charge is 0.389 e. The third-order valence-electron chi connectivity index (χ3n) is 2.04. The van der Waals surface area contributed by atoms with Crippen LogP contribution >= 0.6 is 22.6 Å². The highest BCUT2D eigenvalue weighted by molar-refractivity contribution is 14.1. The molecule has 1 atom stereocenters. The van der Waals surface area contributed by atoms with Crippen molar-refractivity contribution >= 4 is 22.6 Å². The summed E-state index contributed by atoms with van der Waals surface area (Å²) in [4.78, 5) is 0. The number of nitrogens with two attached hydrogens (primary N) is 1. The molecule has 1 unspecified atom stereocenters. The van der Waals surface area contributed by atoms with Crippen LogP contribution in [0.1, 0.15) is 24.4 Å². The van der Waals surface area contributed by atoms with Gasteiger partial charge in [0.15, 0.2) is 0 Å². The molecule has 0 heterocycles. The molecule has 0 saturated heterocycles. The zero-order valence-corrected chi connectivity index (χ0v) is 10.0. The van der Waals surface area contributed by atoms with Crippen LogP contribution in [0.5, 0.6) is 0 Å². The molecule has 2 N–H and O–H groups in total. The first kappa shape index (κ1) is 12.8. The SMILES string of the molecule is NC(CCC(F)(F)F)c1ccc(I)cc1. The fourth-order valence-corrected chi connectivity index (χ4v) is 1.56. The summed E-state index contributed by atoms with van der Waals surface area (Å²) in [7, 11) is 0. The van der Waals surface area contributed by atoms with E-state index in [2.05, 4.69) is 22.6 Å². The predicted molar refractivity (Wildman–Crippen MR) is 61.4 cm³/mol. The Kier molecular flexibility index (Phi) is 4.39. The van der Waals surface area contributed by atoms with Crippen molar-refractivity contribution in [2.24, 2.45) is 5.73 Å². The number of benzene rings is 1. The van der Waals surface area contributed by atoms with E-state index < -0.39 is 18.6 Å². The van der Waals surface area contributed by atoms with Gasteiger partial charge in [-0.05, 0) is 46.7 Å². The summed E-state index contributed by atoms with van der Waals surface area (Å²) < 4.78 is 36.9. The second-order valence-electron chi connectivity index (χ2n) is 3.31. The Morgan fingerprint density at radius 3 is 2.20 bits per heavy atom. The Morgan fingerprint density at radius 2 is 1.73 bits per heavy atom. The minimum Gasteiger partial charge on any atom is -0.324 e. The van der Waals surface area contributed by atoms with Gasteiger partial charge in [-0.15, -0.1) is 0 Å². The monoisotopic (exact) mass is 329 g/mol. The van der Waals surface area contributed by atoms with Crippen LogP contribution in [-0.2, 0) is 0 Å². The van der Waals surface area contributed by atoms with Crippen LogP contribution in [-0.4, -0.2) is 6.18 Å². The quantitative estimate of drug-likeness (QED) is 0.842. The summed E-state index contributed by atoms with van der Waals surface area (Å²) in [6.07, 6.45) is -5.02. The van der Waals surface area contributed by atoms with Gasteiger partial charge in [-0.2, -0.15) is 13.2 Å². The van der Waals surface area contributed by atoms with E-state index in [0.717, 1.165) is 9.13 Å². The van der Waals surface area contributed by atoms with Crippen molar-refractivity contribution in [1.29, 1.82) is 0 Å². The average Bonchev–Trinajstić information content (AvgIpc) is 2.14. The summed E-state index contributed by atoms with van der Waals surface area (Å²) in [5.41, 5.74) is 6.40. The second kappa shape index (κ2) is 5.16. The van der Waals surface area contributed by atoms with Crippen molar-refractivity contribution in [3.05, 3.63) is 33.4 Å². The minimum absolute atomic E-state index is 0.0654. The van der Waals surface area contributed by atoms with Gasteiger partial charge in [0.05, 0.1) is 0 Å². The lowest BCUT2D eigenvalue weighted by molar-refractivity contribution is -0.136. The topological polar surface area (TPSA) is 26.0 Å². The maximum absolute atomic E-state index is 11.9. The van der Waals surface area contributed by atoms with Crippen LogP contribution in [0.15, 0.2) is 24.3 Å². The highest BCUT2D eigenvalue weighted by atomic mass is 127. The molecule has 1 aromatic carbocycles. The molecule has 1 nitrogen and oxygen atoms in total. The van der Waals surface area contributed by atoms with Gasteiger partial charge in [-0.3, -0.25) is 0 Å². The van der Waals surface area contributed by atoms with Crippen molar-refractivity contribution < 1.29 is 13.2 Å². The number of halogens is 4. The van der Waals surface area contributed by atoms with Gasteiger partial charge < -0.3 is 5.73 Å². The fourth-order valence-electron chi connectivity index (χ4n) is 1.20. The van der Waals surface area contributed by atoms with E-state index in [4.69, 9.17) is 5.73 Å². The molecule has 0 amide bonds. The lowest BCUT2D eigenvalue weighted by Crippen LogP contribution is -2.15. The van der Waals surface area contributed by atoms with E-state index in [1.54, 1.807) is 12.1 Å².